The average Bonchev–Trinajstić information content (AvgIpc) is 3.27. The van der Waals surface area contributed by atoms with Crippen molar-refractivity contribution >= 4 is 40.9 Å². The molecule has 1 atom stereocenters. The highest BCUT2D eigenvalue weighted by molar-refractivity contribution is 6.17. The summed E-state index contributed by atoms with van der Waals surface area (Å²) in [5.41, 5.74) is 1.99. The third kappa shape index (κ3) is 5.67. The zero-order chi connectivity index (χ0) is 24.9. The van der Waals surface area contributed by atoms with Gasteiger partial charge in [-0.25, -0.2) is 14.0 Å². The molecule has 35 heavy (non-hydrogen) atoms. The fourth-order valence-corrected chi connectivity index (χ4v) is 4.31. The Bertz CT molecular complexity index is 1110. The zero-order valence-corrected chi connectivity index (χ0v) is 20.2. The molecule has 0 bridgehead atoms. The number of halogens is 2. The van der Waals surface area contributed by atoms with Crippen molar-refractivity contribution in [3.63, 3.8) is 0 Å². The Morgan fingerprint density at radius 3 is 2.57 bits per heavy atom. The van der Waals surface area contributed by atoms with Crippen LogP contribution in [0.2, 0.25) is 0 Å². The molecule has 0 radical (unpaired) electrons. The van der Waals surface area contributed by atoms with Crippen molar-refractivity contribution < 1.29 is 28.2 Å². The second-order valence-electron chi connectivity index (χ2n) is 8.44. The largest absolute Gasteiger partial charge is 0.452 e. The fraction of sp³-hybridized carbons (Fsp3) is 0.400. The Hall–Kier alpha value is -3.33. The first-order valence-electron chi connectivity index (χ1n) is 11.5. The van der Waals surface area contributed by atoms with Crippen LogP contribution >= 0.6 is 11.6 Å². The van der Waals surface area contributed by atoms with Gasteiger partial charge in [0.1, 0.15) is 11.9 Å². The number of hydrogen-bond acceptors (Lipinski definition) is 6. The topological polar surface area (TPSA) is 79.4 Å². The van der Waals surface area contributed by atoms with Gasteiger partial charge in [0.15, 0.2) is 6.61 Å². The number of rotatable bonds is 7. The number of alkyl halides is 1. The lowest BCUT2D eigenvalue weighted by Gasteiger charge is -2.36. The van der Waals surface area contributed by atoms with Gasteiger partial charge >= 0.3 is 12.1 Å². The van der Waals surface area contributed by atoms with E-state index in [2.05, 4.69) is 0 Å². The first-order valence-corrected chi connectivity index (χ1v) is 12.1. The lowest BCUT2D eigenvalue weighted by atomic mass is 10.1. The van der Waals surface area contributed by atoms with Gasteiger partial charge in [-0.3, -0.25) is 9.69 Å². The summed E-state index contributed by atoms with van der Waals surface area (Å²) in [5, 5.41) is 0. The monoisotopic (exact) mass is 503 g/mol. The van der Waals surface area contributed by atoms with Crippen molar-refractivity contribution in [3.05, 3.63) is 59.4 Å². The van der Waals surface area contributed by atoms with Gasteiger partial charge in [0.2, 0.25) is 0 Å². The van der Waals surface area contributed by atoms with Gasteiger partial charge in [-0.05, 0) is 42.3 Å². The Morgan fingerprint density at radius 2 is 1.91 bits per heavy atom. The second kappa shape index (κ2) is 10.9. The van der Waals surface area contributed by atoms with Gasteiger partial charge in [0, 0.05) is 32.1 Å². The Kier molecular flexibility index (Phi) is 7.75. The number of carbonyl (C=O) groups is 3. The molecule has 0 spiro atoms. The summed E-state index contributed by atoms with van der Waals surface area (Å²) in [4.78, 5) is 41.7. The predicted molar refractivity (Wildman–Crippen MR) is 129 cm³/mol. The van der Waals surface area contributed by atoms with E-state index < -0.39 is 17.9 Å². The molecule has 0 aliphatic carbocycles. The van der Waals surface area contributed by atoms with E-state index in [9.17, 15) is 18.8 Å². The van der Waals surface area contributed by atoms with E-state index in [1.165, 1.54) is 11.0 Å². The summed E-state index contributed by atoms with van der Waals surface area (Å²) < 4.78 is 25.3. The standard InChI is InChI=1S/C25H27ClFN3O5/c1-2-20-15-30(25(33)35-20)19-6-7-22(21(27)13-19)28-8-10-29(11-9-28)23(31)16-34-24(32)18-5-3-4-17(12-18)14-26/h3-7,12-13,20H,2,8-11,14-16H2,1H3/t20-/m0/s1. The quantitative estimate of drug-likeness (QED) is 0.422. The molecule has 2 aromatic rings. The molecule has 2 aromatic carbocycles. The highest BCUT2D eigenvalue weighted by Crippen LogP contribution is 2.29. The van der Waals surface area contributed by atoms with Crippen LogP contribution in [0.1, 0.15) is 29.3 Å². The summed E-state index contributed by atoms with van der Waals surface area (Å²) in [6.07, 6.45) is 0.0428. The molecule has 2 fully saturated rings. The van der Waals surface area contributed by atoms with Gasteiger partial charge in [0.05, 0.1) is 23.5 Å². The van der Waals surface area contributed by atoms with Gasteiger partial charge in [-0.1, -0.05) is 19.1 Å². The molecule has 2 saturated heterocycles. The number of amides is 2. The number of ether oxygens (including phenoxy) is 2. The van der Waals surface area contributed by atoms with Crippen LogP contribution in [-0.2, 0) is 20.1 Å². The van der Waals surface area contributed by atoms with Crippen molar-refractivity contribution in [3.8, 4) is 0 Å². The number of nitrogens with zero attached hydrogens (tertiary/aromatic N) is 3. The SMILES string of the molecule is CC[C@H]1CN(c2ccc(N3CCN(C(=O)COC(=O)c4cccc(CCl)c4)CC3)c(F)c2)C(=O)O1. The van der Waals surface area contributed by atoms with Gasteiger partial charge < -0.3 is 19.3 Å². The van der Waals surface area contributed by atoms with E-state index in [-0.39, 0.29) is 24.5 Å². The summed E-state index contributed by atoms with van der Waals surface area (Å²) in [5.74, 6) is -1.06. The smallest absolute Gasteiger partial charge is 0.414 e. The molecule has 2 amide bonds. The normalized spacial score (nSPS) is 18.0. The fourth-order valence-electron chi connectivity index (χ4n) is 4.15. The third-order valence-corrected chi connectivity index (χ3v) is 6.50. The Labute approximate surface area is 208 Å². The Balaban J connectivity index is 1.29. The number of esters is 1. The van der Waals surface area contributed by atoms with Crippen molar-refractivity contribution in [1.82, 2.24) is 4.90 Å². The molecule has 10 heteroatoms. The summed E-state index contributed by atoms with van der Waals surface area (Å²) >= 11 is 5.79. The average molecular weight is 504 g/mol. The second-order valence-corrected chi connectivity index (χ2v) is 8.71. The third-order valence-electron chi connectivity index (χ3n) is 6.19. The number of benzene rings is 2. The van der Waals surface area contributed by atoms with Crippen molar-refractivity contribution in [2.24, 2.45) is 0 Å². The van der Waals surface area contributed by atoms with Crippen LogP contribution in [0, 0.1) is 5.82 Å². The van der Waals surface area contributed by atoms with Gasteiger partial charge in [0.25, 0.3) is 5.91 Å². The molecule has 2 aliphatic rings. The summed E-state index contributed by atoms with van der Waals surface area (Å²) in [6.45, 7) is 3.57. The minimum atomic E-state index is -0.585. The maximum Gasteiger partial charge on any atom is 0.414 e. The maximum absolute atomic E-state index is 14.9. The molecular weight excluding hydrogens is 477 g/mol. The number of cyclic esters (lactones) is 1. The van der Waals surface area contributed by atoms with E-state index in [0.717, 1.165) is 5.56 Å². The van der Waals surface area contributed by atoms with E-state index in [4.69, 9.17) is 21.1 Å². The molecule has 0 unspecified atom stereocenters. The first kappa shape index (κ1) is 24.8. The van der Waals surface area contributed by atoms with Crippen LogP contribution in [-0.4, -0.2) is 68.3 Å². The minimum Gasteiger partial charge on any atom is -0.452 e. The molecule has 2 aliphatic heterocycles. The summed E-state index contributed by atoms with van der Waals surface area (Å²) in [7, 11) is 0. The van der Waals surface area contributed by atoms with Crippen LogP contribution in [0.3, 0.4) is 0 Å². The van der Waals surface area contributed by atoms with Crippen LogP contribution in [0.25, 0.3) is 0 Å². The van der Waals surface area contributed by atoms with E-state index in [0.29, 0.717) is 56.1 Å². The highest BCUT2D eigenvalue weighted by atomic mass is 35.5. The van der Waals surface area contributed by atoms with Gasteiger partial charge in [-0.15, -0.1) is 11.6 Å². The van der Waals surface area contributed by atoms with Crippen molar-refractivity contribution in [2.45, 2.75) is 25.3 Å². The van der Waals surface area contributed by atoms with E-state index >= 15 is 0 Å². The highest BCUT2D eigenvalue weighted by Gasteiger charge is 2.32. The van der Waals surface area contributed by atoms with E-state index in [1.807, 2.05) is 11.8 Å². The molecular formula is C25H27ClFN3O5. The first-order chi connectivity index (χ1) is 16.9. The zero-order valence-electron chi connectivity index (χ0n) is 19.4. The molecule has 4 rings (SSSR count). The van der Waals surface area contributed by atoms with Gasteiger partial charge in [-0.2, -0.15) is 0 Å². The molecule has 2 heterocycles. The molecule has 0 N–H and O–H groups in total. The number of hydrogen-bond donors (Lipinski definition) is 0. The van der Waals surface area contributed by atoms with Crippen LogP contribution in [0.15, 0.2) is 42.5 Å². The lowest BCUT2D eigenvalue weighted by Crippen LogP contribution is -2.50. The molecule has 186 valence electrons. The number of piperazine rings is 1. The Morgan fingerprint density at radius 1 is 1.14 bits per heavy atom. The van der Waals surface area contributed by atoms with E-state index in [1.54, 1.807) is 41.3 Å². The molecule has 8 nitrogen and oxygen atoms in total. The number of anilines is 2. The van der Waals surface area contributed by atoms with Crippen LogP contribution < -0.4 is 9.80 Å². The molecule has 0 aromatic heterocycles. The van der Waals surface area contributed by atoms with Crippen molar-refractivity contribution in [2.75, 3.05) is 49.1 Å². The maximum atomic E-state index is 14.9. The predicted octanol–water partition coefficient (Wildman–Crippen LogP) is 3.81. The van der Waals surface area contributed by atoms with Crippen LogP contribution in [0.4, 0.5) is 20.6 Å². The van der Waals surface area contributed by atoms with Crippen molar-refractivity contribution in [1.29, 1.82) is 0 Å². The minimum absolute atomic E-state index is 0.189. The summed E-state index contributed by atoms with van der Waals surface area (Å²) in [6, 6.07) is 11.4. The van der Waals surface area contributed by atoms with Crippen LogP contribution in [0.5, 0.6) is 0 Å². The number of carbonyl (C=O) groups excluding carboxylic acids is 3. The lowest BCUT2D eigenvalue weighted by molar-refractivity contribution is -0.134. The molecule has 0 saturated carbocycles.